The predicted octanol–water partition coefficient (Wildman–Crippen LogP) is 4.21. The van der Waals surface area contributed by atoms with Crippen molar-refractivity contribution in [3.05, 3.63) is 48.0 Å². The second kappa shape index (κ2) is 8.61. The Balaban J connectivity index is 1.56. The highest BCUT2D eigenvalue weighted by molar-refractivity contribution is 5.92. The summed E-state index contributed by atoms with van der Waals surface area (Å²) >= 11 is 0. The Kier molecular flexibility index (Phi) is 6.00. The molecule has 0 spiro atoms. The fraction of sp³-hybridized carbons (Fsp3) is 0.381. The molecule has 3 rings (SSSR count). The summed E-state index contributed by atoms with van der Waals surface area (Å²) in [5.74, 6) is 2.04. The predicted molar refractivity (Wildman–Crippen MR) is 101 cm³/mol. The summed E-state index contributed by atoms with van der Waals surface area (Å²) in [5, 5.41) is 2.91. The third-order valence-corrected chi connectivity index (χ3v) is 4.56. The van der Waals surface area contributed by atoms with Gasteiger partial charge in [0, 0.05) is 5.69 Å². The van der Waals surface area contributed by atoms with Crippen LogP contribution in [0.2, 0.25) is 0 Å². The minimum Gasteiger partial charge on any atom is -0.493 e. The minimum absolute atomic E-state index is 0.0818. The molecule has 1 aliphatic carbocycles. The molecule has 26 heavy (non-hydrogen) atoms. The van der Waals surface area contributed by atoms with E-state index in [2.05, 4.69) is 5.32 Å². The van der Waals surface area contributed by atoms with Gasteiger partial charge in [-0.15, -0.1) is 0 Å². The van der Waals surface area contributed by atoms with Crippen molar-refractivity contribution in [3.8, 4) is 17.2 Å². The number of carbonyl (C=O) groups is 1. The van der Waals surface area contributed by atoms with Crippen LogP contribution in [-0.2, 0) is 11.2 Å². The first-order chi connectivity index (χ1) is 12.7. The molecule has 0 heterocycles. The van der Waals surface area contributed by atoms with E-state index in [9.17, 15) is 4.79 Å². The number of benzene rings is 2. The largest absolute Gasteiger partial charge is 0.493 e. The van der Waals surface area contributed by atoms with Crippen LogP contribution in [-0.4, -0.2) is 26.2 Å². The molecular weight excluding hydrogens is 330 g/mol. The number of ether oxygens (including phenoxy) is 3. The first kappa shape index (κ1) is 18.1. The second-order valence-corrected chi connectivity index (χ2v) is 6.46. The fourth-order valence-corrected chi connectivity index (χ4v) is 3.20. The Morgan fingerprint density at radius 1 is 1.00 bits per heavy atom. The van der Waals surface area contributed by atoms with Crippen LogP contribution in [0.3, 0.4) is 0 Å². The third-order valence-electron chi connectivity index (χ3n) is 4.56. The summed E-state index contributed by atoms with van der Waals surface area (Å²) in [5.41, 5.74) is 1.62. The molecule has 138 valence electrons. The fourth-order valence-electron chi connectivity index (χ4n) is 3.20. The van der Waals surface area contributed by atoms with Crippen molar-refractivity contribution in [2.24, 2.45) is 0 Å². The maximum Gasteiger partial charge on any atom is 0.228 e. The first-order valence-electron chi connectivity index (χ1n) is 8.95. The molecule has 1 amide bonds. The Hall–Kier alpha value is -2.69. The Morgan fingerprint density at radius 2 is 1.69 bits per heavy atom. The van der Waals surface area contributed by atoms with E-state index >= 15 is 0 Å². The van der Waals surface area contributed by atoms with Gasteiger partial charge in [0.25, 0.3) is 0 Å². The highest BCUT2D eigenvalue weighted by Crippen LogP contribution is 2.28. The topological polar surface area (TPSA) is 56.8 Å². The summed E-state index contributed by atoms with van der Waals surface area (Å²) < 4.78 is 16.4. The van der Waals surface area contributed by atoms with E-state index < -0.39 is 0 Å². The van der Waals surface area contributed by atoms with Crippen molar-refractivity contribution in [2.45, 2.75) is 38.2 Å². The third kappa shape index (κ3) is 4.69. The summed E-state index contributed by atoms with van der Waals surface area (Å²) in [6.07, 6.45) is 5.35. The molecule has 1 saturated carbocycles. The van der Waals surface area contributed by atoms with E-state index in [0.29, 0.717) is 17.6 Å². The van der Waals surface area contributed by atoms with Gasteiger partial charge in [0.05, 0.1) is 26.7 Å². The van der Waals surface area contributed by atoms with Gasteiger partial charge in [-0.2, -0.15) is 0 Å². The van der Waals surface area contributed by atoms with E-state index in [1.165, 1.54) is 12.8 Å². The van der Waals surface area contributed by atoms with Crippen molar-refractivity contribution >= 4 is 11.6 Å². The molecule has 0 unspecified atom stereocenters. The van der Waals surface area contributed by atoms with Gasteiger partial charge in [0.1, 0.15) is 5.75 Å². The number of carbonyl (C=O) groups excluding carboxylic acids is 1. The molecule has 1 fully saturated rings. The van der Waals surface area contributed by atoms with Gasteiger partial charge in [-0.05, 0) is 67.6 Å². The minimum atomic E-state index is -0.0818. The SMILES string of the molecule is COc1ccc(CC(=O)Nc2ccc(OC3CCCC3)cc2)cc1OC. The Labute approximate surface area is 154 Å². The summed E-state index contributed by atoms with van der Waals surface area (Å²) in [6, 6.07) is 13.0. The van der Waals surface area contributed by atoms with Gasteiger partial charge >= 0.3 is 0 Å². The molecule has 1 N–H and O–H groups in total. The standard InChI is InChI=1S/C21H25NO4/c1-24-19-12-7-15(13-20(19)25-2)14-21(23)22-16-8-10-18(11-9-16)26-17-5-3-4-6-17/h7-13,17H,3-6,14H2,1-2H3,(H,22,23). The zero-order chi connectivity index (χ0) is 18.4. The Bertz CT molecular complexity index is 736. The van der Waals surface area contributed by atoms with Gasteiger partial charge in [-0.3, -0.25) is 4.79 Å². The summed E-state index contributed by atoms with van der Waals surface area (Å²) in [4.78, 5) is 12.3. The highest BCUT2D eigenvalue weighted by Gasteiger charge is 2.16. The highest BCUT2D eigenvalue weighted by atomic mass is 16.5. The van der Waals surface area contributed by atoms with Crippen LogP contribution in [0.25, 0.3) is 0 Å². The maximum absolute atomic E-state index is 12.3. The van der Waals surface area contributed by atoms with Crippen LogP contribution in [0.5, 0.6) is 17.2 Å². The van der Waals surface area contributed by atoms with Crippen LogP contribution in [0.15, 0.2) is 42.5 Å². The monoisotopic (exact) mass is 355 g/mol. The van der Waals surface area contributed by atoms with Crippen LogP contribution in [0.4, 0.5) is 5.69 Å². The van der Waals surface area contributed by atoms with Gasteiger partial charge in [0.2, 0.25) is 5.91 Å². The molecule has 0 radical (unpaired) electrons. The zero-order valence-electron chi connectivity index (χ0n) is 15.3. The van der Waals surface area contributed by atoms with Crippen molar-refractivity contribution in [3.63, 3.8) is 0 Å². The van der Waals surface area contributed by atoms with E-state index in [-0.39, 0.29) is 12.3 Å². The lowest BCUT2D eigenvalue weighted by molar-refractivity contribution is -0.115. The average molecular weight is 355 g/mol. The van der Waals surface area contributed by atoms with E-state index in [0.717, 1.165) is 29.8 Å². The lowest BCUT2D eigenvalue weighted by Gasteiger charge is -2.13. The van der Waals surface area contributed by atoms with Crippen LogP contribution < -0.4 is 19.5 Å². The normalized spacial score (nSPS) is 14.1. The van der Waals surface area contributed by atoms with Crippen LogP contribution >= 0.6 is 0 Å². The van der Waals surface area contributed by atoms with Gasteiger partial charge in [-0.25, -0.2) is 0 Å². The molecule has 5 heteroatoms. The number of anilines is 1. The molecule has 2 aromatic rings. The molecule has 0 aromatic heterocycles. The quantitative estimate of drug-likeness (QED) is 0.808. The summed E-state index contributed by atoms with van der Waals surface area (Å²) in [6.45, 7) is 0. The van der Waals surface area contributed by atoms with Gasteiger partial charge < -0.3 is 19.5 Å². The van der Waals surface area contributed by atoms with Crippen molar-refractivity contribution < 1.29 is 19.0 Å². The zero-order valence-corrected chi connectivity index (χ0v) is 15.3. The van der Waals surface area contributed by atoms with Gasteiger partial charge in [0.15, 0.2) is 11.5 Å². The lowest BCUT2D eigenvalue weighted by atomic mass is 10.1. The Morgan fingerprint density at radius 3 is 2.35 bits per heavy atom. The molecule has 1 aliphatic rings. The molecule has 0 aliphatic heterocycles. The van der Waals surface area contributed by atoms with Crippen LogP contribution in [0.1, 0.15) is 31.2 Å². The average Bonchev–Trinajstić information content (AvgIpc) is 3.16. The lowest BCUT2D eigenvalue weighted by Crippen LogP contribution is -2.14. The van der Waals surface area contributed by atoms with E-state index in [1.807, 2.05) is 36.4 Å². The number of hydrogen-bond donors (Lipinski definition) is 1. The number of amides is 1. The number of hydrogen-bond acceptors (Lipinski definition) is 4. The summed E-state index contributed by atoms with van der Waals surface area (Å²) in [7, 11) is 3.17. The van der Waals surface area contributed by atoms with Gasteiger partial charge in [-0.1, -0.05) is 6.07 Å². The van der Waals surface area contributed by atoms with Crippen molar-refractivity contribution in [2.75, 3.05) is 19.5 Å². The number of methoxy groups -OCH3 is 2. The van der Waals surface area contributed by atoms with Crippen molar-refractivity contribution in [1.82, 2.24) is 0 Å². The molecular formula is C21H25NO4. The van der Waals surface area contributed by atoms with Crippen LogP contribution in [0, 0.1) is 0 Å². The van der Waals surface area contributed by atoms with Crippen molar-refractivity contribution in [1.29, 1.82) is 0 Å². The molecule has 0 saturated heterocycles. The second-order valence-electron chi connectivity index (χ2n) is 6.46. The molecule has 0 atom stereocenters. The number of rotatable bonds is 7. The molecule has 0 bridgehead atoms. The maximum atomic E-state index is 12.3. The molecule has 2 aromatic carbocycles. The van der Waals surface area contributed by atoms with E-state index in [1.54, 1.807) is 20.3 Å². The smallest absolute Gasteiger partial charge is 0.228 e. The number of nitrogens with one attached hydrogen (secondary N) is 1. The van der Waals surface area contributed by atoms with E-state index in [4.69, 9.17) is 14.2 Å². The molecule has 5 nitrogen and oxygen atoms in total. The first-order valence-corrected chi connectivity index (χ1v) is 8.95.